The van der Waals surface area contributed by atoms with Gasteiger partial charge in [-0.1, -0.05) is 45.2 Å². The molecule has 0 spiro atoms. The lowest BCUT2D eigenvalue weighted by Gasteiger charge is -2.15. The van der Waals surface area contributed by atoms with E-state index < -0.39 is 0 Å². The van der Waals surface area contributed by atoms with Gasteiger partial charge in [0.05, 0.1) is 0 Å². The molecule has 0 atom stereocenters. The van der Waals surface area contributed by atoms with Gasteiger partial charge in [-0.15, -0.1) is 0 Å². The second-order valence-corrected chi connectivity index (χ2v) is 18.2. The normalized spacial score (nSPS) is 11.4. The van der Waals surface area contributed by atoms with Crippen molar-refractivity contribution in [2.24, 2.45) is 0 Å². The van der Waals surface area contributed by atoms with Crippen molar-refractivity contribution in [1.82, 2.24) is 21.3 Å². The summed E-state index contributed by atoms with van der Waals surface area (Å²) in [6, 6.07) is 31.6. The molecule has 0 unspecified atom stereocenters. The molecule has 2 heterocycles. The zero-order valence-corrected chi connectivity index (χ0v) is 39.8. The van der Waals surface area contributed by atoms with Crippen LogP contribution in [0.15, 0.2) is 84.9 Å². The molecule has 6 aromatic rings. The topological polar surface area (TPSA) is 96.5 Å². The van der Waals surface area contributed by atoms with Gasteiger partial charge in [-0.2, -0.15) is 9.13 Å². The fourth-order valence-electron chi connectivity index (χ4n) is 8.98. The average molecular weight is 885 g/mol. The Morgan fingerprint density at radius 2 is 0.800 bits per heavy atom. The molecule has 350 valence electrons. The largest absolute Gasteiger partial charge is 0.377 e. The summed E-state index contributed by atoms with van der Waals surface area (Å²) >= 11 is 0. The quantitative estimate of drug-likeness (QED) is 0.0234. The highest BCUT2D eigenvalue weighted by Gasteiger charge is 2.19. The maximum Gasteiger partial charge on any atom is 0.219 e. The minimum atomic E-state index is 0. The van der Waals surface area contributed by atoms with Gasteiger partial charge in [0.25, 0.3) is 0 Å². The second-order valence-electron chi connectivity index (χ2n) is 18.2. The molecule has 2 aromatic heterocycles. The Hall–Kier alpha value is -5.32. The smallest absolute Gasteiger partial charge is 0.219 e. The monoisotopic (exact) mass is 885 g/mol. The summed E-state index contributed by atoms with van der Waals surface area (Å²) in [6.45, 7) is 5.03. The summed E-state index contributed by atoms with van der Waals surface area (Å²) in [4.78, 5) is 29.6. The van der Waals surface area contributed by atoms with Gasteiger partial charge < -0.3 is 31.1 Å². The minimum absolute atomic E-state index is 0. The molecular formula is C55H80N8O2+2. The van der Waals surface area contributed by atoms with E-state index in [1.165, 1.54) is 66.1 Å². The third kappa shape index (κ3) is 14.6. The van der Waals surface area contributed by atoms with E-state index in [0.717, 1.165) is 116 Å². The van der Waals surface area contributed by atoms with Crippen LogP contribution in [0.5, 0.6) is 0 Å². The molecule has 4 aromatic carbocycles. The van der Waals surface area contributed by atoms with Gasteiger partial charge in [0.1, 0.15) is 13.1 Å². The number of carbonyl (C=O) groups is 2. The van der Waals surface area contributed by atoms with Crippen molar-refractivity contribution < 1.29 is 18.7 Å². The molecule has 0 fully saturated rings. The third-order valence-corrected chi connectivity index (χ3v) is 12.6. The molecule has 0 saturated heterocycles. The summed E-state index contributed by atoms with van der Waals surface area (Å²) in [5.41, 5.74) is 9.98. The molecule has 0 saturated carbocycles. The van der Waals surface area contributed by atoms with E-state index in [-0.39, 0.29) is 19.2 Å². The highest BCUT2D eigenvalue weighted by molar-refractivity contribution is 5.92. The van der Waals surface area contributed by atoms with Crippen LogP contribution in [0.25, 0.3) is 43.6 Å². The zero-order chi connectivity index (χ0) is 45.3. The molecule has 4 N–H and O–H groups in total. The number of hydrogen-bond donors (Lipinski definition) is 4. The van der Waals surface area contributed by atoms with E-state index in [9.17, 15) is 9.59 Å². The standard InChI is InChI=1S/C54H74N8O2.CH4/c1-55-39-41-21-23-43-35-44-24-22-42(40-56-2)34-50(44)61(49(43)33-41)31-17-11-13-19-53(63)57-29-15-9-7-8-10-16-30-58-54(64)20-14-12-18-32-62-51-37-47(59(3)4)27-25-45(51)36-46-26-28-48(60(5)6)38-52(46)62;/h21-28,33-38,55-56H,7-20,29-32,39-40H2,1-6H3;1H4/p+2. The van der Waals surface area contributed by atoms with Crippen LogP contribution in [-0.2, 0) is 35.8 Å². The Labute approximate surface area is 390 Å². The van der Waals surface area contributed by atoms with E-state index >= 15 is 0 Å². The molecule has 6 rings (SSSR count). The van der Waals surface area contributed by atoms with Crippen LogP contribution >= 0.6 is 0 Å². The molecule has 10 heteroatoms. The number of aromatic nitrogens is 2. The number of rotatable bonds is 27. The number of aryl methyl sites for hydroxylation is 2. The Morgan fingerprint density at radius 3 is 1.18 bits per heavy atom. The van der Waals surface area contributed by atoms with E-state index in [1.807, 2.05) is 14.1 Å². The van der Waals surface area contributed by atoms with Crippen molar-refractivity contribution in [2.75, 3.05) is 65.2 Å². The van der Waals surface area contributed by atoms with Crippen LogP contribution in [0.3, 0.4) is 0 Å². The number of hydrogen-bond acceptors (Lipinski definition) is 6. The van der Waals surface area contributed by atoms with Gasteiger partial charge in [0, 0.05) is 137 Å². The predicted molar refractivity (Wildman–Crippen MR) is 275 cm³/mol. The van der Waals surface area contributed by atoms with Crippen molar-refractivity contribution in [3.8, 4) is 0 Å². The van der Waals surface area contributed by atoms with Gasteiger partial charge in [0.2, 0.25) is 33.9 Å². The summed E-state index contributed by atoms with van der Waals surface area (Å²) in [5.74, 6) is 0.336. The molecule has 0 radical (unpaired) electrons. The van der Waals surface area contributed by atoms with Crippen LogP contribution in [0.2, 0.25) is 0 Å². The van der Waals surface area contributed by atoms with Crippen molar-refractivity contribution in [3.05, 3.63) is 96.1 Å². The highest BCUT2D eigenvalue weighted by Crippen LogP contribution is 2.26. The van der Waals surface area contributed by atoms with Crippen molar-refractivity contribution in [2.45, 2.75) is 123 Å². The summed E-state index contributed by atoms with van der Waals surface area (Å²) < 4.78 is 4.96. The summed E-state index contributed by atoms with van der Waals surface area (Å²) in [7, 11) is 12.3. The fourth-order valence-corrected chi connectivity index (χ4v) is 8.98. The van der Waals surface area contributed by atoms with Crippen molar-refractivity contribution in [3.63, 3.8) is 0 Å². The lowest BCUT2D eigenvalue weighted by atomic mass is 10.0. The number of anilines is 2. The fraction of sp³-hybridized carbons (Fsp3) is 0.491. The van der Waals surface area contributed by atoms with Crippen LogP contribution < -0.4 is 40.2 Å². The second kappa shape index (κ2) is 26.0. The number of unbranched alkanes of at least 4 members (excludes halogenated alkanes) is 9. The van der Waals surface area contributed by atoms with Gasteiger partial charge >= 0.3 is 0 Å². The summed E-state index contributed by atoms with van der Waals surface area (Å²) in [6.07, 6.45) is 13.7. The zero-order valence-electron chi connectivity index (χ0n) is 39.8. The highest BCUT2D eigenvalue weighted by atomic mass is 16.2. The lowest BCUT2D eigenvalue weighted by Crippen LogP contribution is -2.36. The van der Waals surface area contributed by atoms with Crippen molar-refractivity contribution in [1.29, 1.82) is 0 Å². The molecule has 0 bridgehead atoms. The van der Waals surface area contributed by atoms with E-state index in [2.05, 4.69) is 153 Å². The van der Waals surface area contributed by atoms with Crippen LogP contribution in [0.4, 0.5) is 11.4 Å². The maximum atomic E-state index is 12.6. The van der Waals surface area contributed by atoms with E-state index in [4.69, 9.17) is 0 Å². The number of benzene rings is 4. The van der Waals surface area contributed by atoms with E-state index in [1.54, 1.807) is 0 Å². The molecule has 0 aliphatic rings. The Bertz CT molecular complexity index is 2330. The Balaban J connectivity index is 0.00000793. The first-order valence-electron chi connectivity index (χ1n) is 24.1. The number of fused-ring (bicyclic) bond motifs is 4. The van der Waals surface area contributed by atoms with Crippen molar-refractivity contribution >= 4 is 66.8 Å². The average Bonchev–Trinajstić information content (AvgIpc) is 3.28. The van der Waals surface area contributed by atoms with Crippen LogP contribution in [0.1, 0.15) is 108 Å². The molecular weight excluding hydrogens is 805 g/mol. The van der Waals surface area contributed by atoms with Gasteiger partial charge in [-0.25, -0.2) is 0 Å². The molecule has 10 nitrogen and oxygen atoms in total. The molecule has 0 aliphatic heterocycles. The molecule has 0 aliphatic carbocycles. The minimum Gasteiger partial charge on any atom is -0.377 e. The molecule has 65 heavy (non-hydrogen) atoms. The van der Waals surface area contributed by atoms with Gasteiger partial charge in [-0.05, 0) is 112 Å². The number of nitrogens with one attached hydrogen (secondary N) is 4. The van der Waals surface area contributed by atoms with Crippen LogP contribution in [0, 0.1) is 0 Å². The Kier molecular flexibility index (Phi) is 20.3. The Morgan fingerprint density at radius 1 is 0.446 bits per heavy atom. The predicted octanol–water partition coefficient (Wildman–Crippen LogP) is 9.48. The number of nitrogens with zero attached hydrogens (tertiary/aromatic N) is 4. The first kappa shape index (κ1) is 50.7. The van der Waals surface area contributed by atoms with Crippen LogP contribution in [-0.4, -0.2) is 67.2 Å². The summed E-state index contributed by atoms with van der Waals surface area (Å²) in [5, 5.41) is 17.9. The SMILES string of the molecule is C.CNCc1ccc2cc3ccc(CNC)cc3[n+](CCCCCC(=O)NCCCCCCCCNC(=O)CCCCC[n+]3c4cc(N(C)C)ccc4cc4ccc(N(C)C)cc43)c2c1. The number of carbonyl (C=O) groups excluding carboxylic acids is 2. The molecule has 2 amide bonds. The maximum absolute atomic E-state index is 12.6. The lowest BCUT2D eigenvalue weighted by molar-refractivity contribution is -0.646. The number of amides is 2. The van der Waals surface area contributed by atoms with E-state index in [0.29, 0.717) is 12.8 Å². The number of pyridine rings is 2. The third-order valence-electron chi connectivity index (χ3n) is 12.6. The van der Waals surface area contributed by atoms with Gasteiger partial charge in [-0.3, -0.25) is 9.59 Å². The van der Waals surface area contributed by atoms with Gasteiger partial charge in [0.15, 0.2) is 0 Å². The first-order valence-corrected chi connectivity index (χ1v) is 24.1. The first-order chi connectivity index (χ1) is 31.1.